The van der Waals surface area contributed by atoms with Crippen molar-refractivity contribution in [3.63, 3.8) is 0 Å². The van der Waals surface area contributed by atoms with Crippen LogP contribution >= 0.6 is 0 Å². The van der Waals surface area contributed by atoms with Crippen LogP contribution in [-0.4, -0.2) is 36.1 Å². The van der Waals surface area contributed by atoms with Gasteiger partial charge in [0, 0.05) is 30.7 Å². The zero-order valence-electron chi connectivity index (χ0n) is 11.4. The Morgan fingerprint density at radius 3 is 2.78 bits per heavy atom. The van der Waals surface area contributed by atoms with Crippen LogP contribution in [0.25, 0.3) is 10.8 Å². The molecule has 1 aromatic heterocycles. The molecule has 0 atom stereocenters. The highest BCUT2D eigenvalue weighted by Crippen LogP contribution is 2.19. The smallest absolute Gasteiger partial charge is 0.133 e. The number of hydrogen-bond acceptors (Lipinski definition) is 3. The second-order valence-electron chi connectivity index (χ2n) is 4.88. The van der Waals surface area contributed by atoms with Gasteiger partial charge in [-0.25, -0.2) is 4.98 Å². The van der Waals surface area contributed by atoms with Crippen molar-refractivity contribution >= 4 is 16.6 Å². The van der Waals surface area contributed by atoms with E-state index in [-0.39, 0.29) is 0 Å². The Hall–Kier alpha value is -1.61. The van der Waals surface area contributed by atoms with Gasteiger partial charge in [-0.1, -0.05) is 24.3 Å². The van der Waals surface area contributed by atoms with Gasteiger partial charge >= 0.3 is 0 Å². The first-order valence-electron chi connectivity index (χ1n) is 6.46. The maximum atomic E-state index is 4.42. The van der Waals surface area contributed by atoms with Crippen LogP contribution in [0.4, 0.5) is 5.82 Å². The number of nitrogens with zero attached hydrogens (tertiary/aromatic N) is 2. The normalized spacial score (nSPS) is 11.4. The number of fused-ring (bicyclic) bond motifs is 1. The van der Waals surface area contributed by atoms with Gasteiger partial charge in [-0.05, 0) is 32.3 Å². The summed E-state index contributed by atoms with van der Waals surface area (Å²) in [4.78, 5) is 6.74. The third kappa shape index (κ3) is 2.99. The molecule has 0 aliphatic heterocycles. The van der Waals surface area contributed by atoms with E-state index in [1.807, 2.05) is 12.3 Å². The van der Waals surface area contributed by atoms with Crippen molar-refractivity contribution in [2.45, 2.75) is 19.9 Å². The van der Waals surface area contributed by atoms with Crippen molar-refractivity contribution in [1.29, 1.82) is 0 Å². The van der Waals surface area contributed by atoms with E-state index >= 15 is 0 Å². The van der Waals surface area contributed by atoms with Crippen LogP contribution in [0.2, 0.25) is 0 Å². The zero-order valence-corrected chi connectivity index (χ0v) is 11.4. The molecule has 0 bridgehead atoms. The third-order valence-corrected chi connectivity index (χ3v) is 3.31. The van der Waals surface area contributed by atoms with Crippen LogP contribution in [0.15, 0.2) is 36.5 Å². The van der Waals surface area contributed by atoms with Gasteiger partial charge in [-0.3, -0.25) is 0 Å². The van der Waals surface area contributed by atoms with E-state index in [0.717, 1.165) is 18.9 Å². The molecule has 2 rings (SSSR count). The molecule has 0 fully saturated rings. The minimum Gasteiger partial charge on any atom is -0.368 e. The summed E-state index contributed by atoms with van der Waals surface area (Å²) in [6.45, 7) is 6.34. The molecule has 96 valence electrons. The number of aromatic nitrogens is 1. The van der Waals surface area contributed by atoms with Crippen LogP contribution < -0.4 is 5.32 Å². The Morgan fingerprint density at radius 1 is 1.22 bits per heavy atom. The molecule has 0 radical (unpaired) electrons. The van der Waals surface area contributed by atoms with Gasteiger partial charge in [0.05, 0.1) is 0 Å². The lowest BCUT2D eigenvalue weighted by Gasteiger charge is -2.21. The fraction of sp³-hybridized carbons (Fsp3) is 0.400. The van der Waals surface area contributed by atoms with Crippen LogP contribution in [0.5, 0.6) is 0 Å². The molecule has 18 heavy (non-hydrogen) atoms. The first kappa shape index (κ1) is 12.8. The van der Waals surface area contributed by atoms with Crippen LogP contribution in [0.3, 0.4) is 0 Å². The van der Waals surface area contributed by atoms with Gasteiger partial charge in [0.15, 0.2) is 0 Å². The number of rotatable bonds is 5. The number of nitrogens with one attached hydrogen (secondary N) is 1. The Kier molecular flexibility index (Phi) is 4.15. The summed E-state index contributed by atoms with van der Waals surface area (Å²) in [5.74, 6) is 0.977. The molecule has 2 aromatic rings. The Morgan fingerprint density at radius 2 is 2.00 bits per heavy atom. The summed E-state index contributed by atoms with van der Waals surface area (Å²) in [7, 11) is 2.14. The monoisotopic (exact) mass is 243 g/mol. The maximum absolute atomic E-state index is 4.42. The molecule has 3 heteroatoms. The van der Waals surface area contributed by atoms with Crippen molar-refractivity contribution in [2.24, 2.45) is 0 Å². The van der Waals surface area contributed by atoms with Gasteiger partial charge < -0.3 is 10.2 Å². The maximum Gasteiger partial charge on any atom is 0.133 e. The van der Waals surface area contributed by atoms with E-state index in [1.54, 1.807) is 0 Å². The van der Waals surface area contributed by atoms with E-state index < -0.39 is 0 Å². The summed E-state index contributed by atoms with van der Waals surface area (Å²) < 4.78 is 0. The molecule has 0 unspecified atom stereocenters. The first-order chi connectivity index (χ1) is 8.68. The zero-order chi connectivity index (χ0) is 13.0. The molecule has 0 saturated heterocycles. The molecular formula is C15H21N3. The number of pyridine rings is 1. The topological polar surface area (TPSA) is 28.2 Å². The highest BCUT2D eigenvalue weighted by molar-refractivity contribution is 5.91. The molecule has 1 N–H and O–H groups in total. The van der Waals surface area contributed by atoms with Gasteiger partial charge in [-0.2, -0.15) is 0 Å². The number of anilines is 1. The standard InChI is InChI=1S/C15H21N3/c1-12(2)18(3)11-10-17-15-14-7-5-4-6-13(14)8-9-16-15/h4-9,12H,10-11H2,1-3H3,(H,16,17). The lowest BCUT2D eigenvalue weighted by Crippen LogP contribution is -2.31. The minimum atomic E-state index is 0.576. The largest absolute Gasteiger partial charge is 0.368 e. The summed E-state index contributed by atoms with van der Waals surface area (Å²) in [6, 6.07) is 10.9. The molecule has 0 amide bonds. The summed E-state index contributed by atoms with van der Waals surface area (Å²) >= 11 is 0. The van der Waals surface area contributed by atoms with Gasteiger partial charge in [0.25, 0.3) is 0 Å². The van der Waals surface area contributed by atoms with Crippen molar-refractivity contribution < 1.29 is 0 Å². The quantitative estimate of drug-likeness (QED) is 0.875. The highest BCUT2D eigenvalue weighted by Gasteiger charge is 2.04. The predicted molar refractivity (Wildman–Crippen MR) is 78.0 cm³/mol. The molecular weight excluding hydrogens is 222 g/mol. The molecule has 0 saturated carbocycles. The lowest BCUT2D eigenvalue weighted by molar-refractivity contribution is 0.284. The summed E-state index contributed by atoms with van der Waals surface area (Å²) in [5, 5.41) is 5.84. The van der Waals surface area contributed by atoms with E-state index in [4.69, 9.17) is 0 Å². The van der Waals surface area contributed by atoms with Crippen LogP contribution in [0.1, 0.15) is 13.8 Å². The van der Waals surface area contributed by atoms with Crippen molar-refractivity contribution in [1.82, 2.24) is 9.88 Å². The predicted octanol–water partition coefficient (Wildman–Crippen LogP) is 2.99. The average molecular weight is 243 g/mol. The van der Waals surface area contributed by atoms with Crippen molar-refractivity contribution in [2.75, 3.05) is 25.5 Å². The molecule has 3 nitrogen and oxygen atoms in total. The molecule has 0 spiro atoms. The number of hydrogen-bond donors (Lipinski definition) is 1. The van der Waals surface area contributed by atoms with Crippen molar-refractivity contribution in [3.8, 4) is 0 Å². The number of benzene rings is 1. The van der Waals surface area contributed by atoms with Crippen LogP contribution in [0, 0.1) is 0 Å². The molecule has 1 heterocycles. The van der Waals surface area contributed by atoms with E-state index in [2.05, 4.69) is 60.4 Å². The second-order valence-corrected chi connectivity index (χ2v) is 4.88. The van der Waals surface area contributed by atoms with E-state index in [1.165, 1.54) is 10.8 Å². The van der Waals surface area contributed by atoms with E-state index in [0.29, 0.717) is 6.04 Å². The lowest BCUT2D eigenvalue weighted by atomic mass is 10.1. The SMILES string of the molecule is CC(C)N(C)CCNc1nccc2ccccc12. The van der Waals surface area contributed by atoms with Gasteiger partial charge in [-0.15, -0.1) is 0 Å². The molecule has 0 aliphatic rings. The Balaban J connectivity index is 2.04. The first-order valence-corrected chi connectivity index (χ1v) is 6.46. The molecule has 0 aliphatic carbocycles. The fourth-order valence-corrected chi connectivity index (χ4v) is 1.87. The Bertz CT molecular complexity index is 503. The summed E-state index contributed by atoms with van der Waals surface area (Å²) in [6.07, 6.45) is 1.86. The molecule has 1 aromatic carbocycles. The second kappa shape index (κ2) is 5.83. The highest BCUT2D eigenvalue weighted by atomic mass is 15.1. The van der Waals surface area contributed by atoms with Gasteiger partial charge in [0.1, 0.15) is 5.82 Å². The van der Waals surface area contributed by atoms with Crippen molar-refractivity contribution in [3.05, 3.63) is 36.5 Å². The third-order valence-electron chi connectivity index (χ3n) is 3.31. The van der Waals surface area contributed by atoms with Gasteiger partial charge in [0.2, 0.25) is 0 Å². The summed E-state index contributed by atoms with van der Waals surface area (Å²) in [5.41, 5.74) is 0. The Labute approximate surface area is 109 Å². The van der Waals surface area contributed by atoms with Crippen LogP contribution in [-0.2, 0) is 0 Å². The average Bonchev–Trinajstić information content (AvgIpc) is 2.38. The number of likely N-dealkylation sites (N-methyl/N-ethyl adjacent to an activating group) is 1. The minimum absolute atomic E-state index is 0.576. The van der Waals surface area contributed by atoms with E-state index in [9.17, 15) is 0 Å². The fourth-order valence-electron chi connectivity index (χ4n) is 1.87.